The molecule has 1 saturated heterocycles. The van der Waals surface area contributed by atoms with E-state index < -0.39 is 0 Å². The fourth-order valence-corrected chi connectivity index (χ4v) is 3.06. The van der Waals surface area contributed by atoms with Crippen LogP contribution in [0.2, 0.25) is 0 Å². The highest BCUT2D eigenvalue weighted by Gasteiger charge is 2.21. The second kappa shape index (κ2) is 9.82. The second-order valence-corrected chi connectivity index (χ2v) is 6.62. The zero-order chi connectivity index (χ0) is 19.8. The number of aromatic nitrogens is 1. The maximum absolute atomic E-state index is 12.5. The molecule has 0 aliphatic carbocycles. The van der Waals surface area contributed by atoms with Crippen molar-refractivity contribution in [2.45, 2.75) is 6.54 Å². The monoisotopic (exact) mass is 383 g/mol. The lowest BCUT2D eigenvalue weighted by molar-refractivity contribution is -0.119. The molecule has 148 valence electrons. The maximum Gasteiger partial charge on any atom is 0.321 e. The summed E-state index contributed by atoms with van der Waals surface area (Å²) in [5, 5.41) is 5.62. The fraction of sp³-hybridized carbons (Fsp3) is 0.350. The number of urea groups is 1. The molecular weight excluding hydrogens is 358 g/mol. The van der Waals surface area contributed by atoms with Crippen molar-refractivity contribution in [1.29, 1.82) is 0 Å². The van der Waals surface area contributed by atoms with Gasteiger partial charge in [-0.1, -0.05) is 12.1 Å². The van der Waals surface area contributed by atoms with Gasteiger partial charge in [0.05, 0.1) is 0 Å². The number of pyridine rings is 1. The van der Waals surface area contributed by atoms with Crippen molar-refractivity contribution in [3.05, 3.63) is 54.4 Å². The molecule has 1 fully saturated rings. The van der Waals surface area contributed by atoms with E-state index in [0.717, 1.165) is 19.6 Å². The molecular formula is C20H25N5O3. The normalized spacial score (nSPS) is 14.5. The van der Waals surface area contributed by atoms with Gasteiger partial charge in [-0.15, -0.1) is 0 Å². The topological polar surface area (TPSA) is 86.8 Å². The molecule has 1 aliphatic rings. The largest absolute Gasteiger partial charge is 0.375 e. The van der Waals surface area contributed by atoms with Crippen LogP contribution in [0.25, 0.3) is 0 Å². The number of carbonyl (C=O) groups excluding carboxylic acids is 2. The van der Waals surface area contributed by atoms with Gasteiger partial charge >= 0.3 is 6.03 Å². The highest BCUT2D eigenvalue weighted by Crippen LogP contribution is 2.16. The van der Waals surface area contributed by atoms with E-state index in [1.807, 2.05) is 12.3 Å². The summed E-state index contributed by atoms with van der Waals surface area (Å²) in [5.74, 6) is -0.240. The minimum atomic E-state index is -0.240. The Morgan fingerprint density at radius 3 is 2.50 bits per heavy atom. The van der Waals surface area contributed by atoms with Gasteiger partial charge in [0.2, 0.25) is 5.91 Å². The second-order valence-electron chi connectivity index (χ2n) is 6.62. The summed E-state index contributed by atoms with van der Waals surface area (Å²) in [7, 11) is 1.46. The number of benzene rings is 1. The Morgan fingerprint density at radius 2 is 1.82 bits per heavy atom. The van der Waals surface area contributed by atoms with Gasteiger partial charge in [0, 0.05) is 63.6 Å². The van der Waals surface area contributed by atoms with Crippen LogP contribution in [0.1, 0.15) is 5.56 Å². The van der Waals surface area contributed by atoms with Crippen molar-refractivity contribution in [2.75, 3.05) is 50.5 Å². The molecule has 2 heterocycles. The quantitative estimate of drug-likeness (QED) is 0.797. The van der Waals surface area contributed by atoms with E-state index in [-0.39, 0.29) is 18.5 Å². The lowest BCUT2D eigenvalue weighted by Crippen LogP contribution is -2.49. The summed E-state index contributed by atoms with van der Waals surface area (Å²) >= 11 is 0. The Kier molecular flexibility index (Phi) is 6.94. The molecule has 1 aromatic carbocycles. The van der Waals surface area contributed by atoms with Crippen LogP contribution in [-0.2, 0) is 16.1 Å². The number of ether oxygens (including phenoxy) is 1. The molecule has 3 amide bonds. The number of methoxy groups -OCH3 is 1. The van der Waals surface area contributed by atoms with Crippen LogP contribution in [0.4, 0.5) is 16.2 Å². The van der Waals surface area contributed by atoms with Gasteiger partial charge in [-0.25, -0.2) is 4.79 Å². The first-order valence-electron chi connectivity index (χ1n) is 9.20. The molecule has 8 heteroatoms. The third kappa shape index (κ3) is 5.77. The molecule has 1 aliphatic heterocycles. The van der Waals surface area contributed by atoms with E-state index in [4.69, 9.17) is 4.74 Å². The lowest BCUT2D eigenvalue weighted by Gasteiger charge is -2.34. The zero-order valence-electron chi connectivity index (χ0n) is 15.9. The van der Waals surface area contributed by atoms with Crippen molar-refractivity contribution in [3.63, 3.8) is 0 Å². The van der Waals surface area contributed by atoms with Gasteiger partial charge in [0.15, 0.2) is 0 Å². The molecule has 0 unspecified atom stereocenters. The van der Waals surface area contributed by atoms with Gasteiger partial charge in [0.1, 0.15) is 6.61 Å². The third-order valence-corrected chi connectivity index (χ3v) is 4.46. The molecule has 8 nitrogen and oxygen atoms in total. The Morgan fingerprint density at radius 1 is 1.07 bits per heavy atom. The third-order valence-electron chi connectivity index (χ3n) is 4.46. The first-order chi connectivity index (χ1) is 13.6. The van der Waals surface area contributed by atoms with E-state index in [1.54, 1.807) is 35.4 Å². The molecule has 0 spiro atoms. The first-order valence-corrected chi connectivity index (χ1v) is 9.20. The van der Waals surface area contributed by atoms with Crippen LogP contribution in [0.15, 0.2) is 48.8 Å². The predicted octanol–water partition coefficient (Wildman–Crippen LogP) is 2.02. The average Bonchev–Trinajstić information content (AvgIpc) is 2.70. The van der Waals surface area contributed by atoms with Gasteiger partial charge in [-0.3, -0.25) is 14.7 Å². The molecule has 0 saturated carbocycles. The molecule has 1 aromatic heterocycles. The van der Waals surface area contributed by atoms with Crippen LogP contribution in [0.5, 0.6) is 0 Å². The molecule has 0 radical (unpaired) electrons. The number of anilines is 2. The Balaban J connectivity index is 1.48. The van der Waals surface area contributed by atoms with Gasteiger partial charge in [-0.2, -0.15) is 0 Å². The number of rotatable bonds is 6. The van der Waals surface area contributed by atoms with Crippen molar-refractivity contribution < 1.29 is 14.3 Å². The summed E-state index contributed by atoms with van der Waals surface area (Å²) in [4.78, 5) is 32.4. The number of hydrogen-bond acceptors (Lipinski definition) is 5. The van der Waals surface area contributed by atoms with E-state index in [1.165, 1.54) is 12.7 Å². The Bertz CT molecular complexity index is 791. The van der Waals surface area contributed by atoms with Crippen molar-refractivity contribution in [2.24, 2.45) is 0 Å². The molecule has 0 bridgehead atoms. The molecule has 2 N–H and O–H groups in total. The maximum atomic E-state index is 12.5. The summed E-state index contributed by atoms with van der Waals surface area (Å²) in [6, 6.07) is 10.9. The molecule has 0 atom stereocenters. The van der Waals surface area contributed by atoms with Crippen LogP contribution in [0.3, 0.4) is 0 Å². The average molecular weight is 383 g/mol. The summed E-state index contributed by atoms with van der Waals surface area (Å²) in [5.41, 5.74) is 2.42. The van der Waals surface area contributed by atoms with Gasteiger partial charge < -0.3 is 20.3 Å². The van der Waals surface area contributed by atoms with Gasteiger partial charge in [-0.05, 0) is 29.8 Å². The van der Waals surface area contributed by atoms with E-state index >= 15 is 0 Å². The lowest BCUT2D eigenvalue weighted by atomic mass is 10.2. The number of hydrogen-bond donors (Lipinski definition) is 2. The Labute approximate surface area is 164 Å². The molecule has 28 heavy (non-hydrogen) atoms. The Hall–Kier alpha value is -2.97. The van der Waals surface area contributed by atoms with Crippen LogP contribution in [-0.4, -0.2) is 66.6 Å². The van der Waals surface area contributed by atoms with E-state index in [2.05, 4.69) is 26.6 Å². The minimum Gasteiger partial charge on any atom is -0.375 e. The first kappa shape index (κ1) is 19.8. The van der Waals surface area contributed by atoms with Gasteiger partial charge in [0.25, 0.3) is 0 Å². The predicted molar refractivity (Wildman–Crippen MR) is 107 cm³/mol. The van der Waals surface area contributed by atoms with Crippen molar-refractivity contribution in [3.8, 4) is 0 Å². The highest BCUT2D eigenvalue weighted by atomic mass is 16.5. The summed E-state index contributed by atoms with van der Waals surface area (Å²) in [6.07, 6.45) is 3.64. The van der Waals surface area contributed by atoms with Crippen molar-refractivity contribution in [1.82, 2.24) is 14.8 Å². The van der Waals surface area contributed by atoms with Crippen LogP contribution >= 0.6 is 0 Å². The molecule has 2 aromatic rings. The number of piperazine rings is 1. The fourth-order valence-electron chi connectivity index (χ4n) is 3.06. The zero-order valence-corrected chi connectivity index (χ0v) is 15.9. The van der Waals surface area contributed by atoms with Crippen LogP contribution in [0, 0.1) is 0 Å². The minimum absolute atomic E-state index is 0.0140. The van der Waals surface area contributed by atoms with E-state index in [9.17, 15) is 9.59 Å². The summed E-state index contributed by atoms with van der Waals surface area (Å²) < 4.78 is 4.80. The standard InChI is InChI=1S/C20H25N5O3/c1-28-15-19(26)22-17-5-2-6-18(12-17)23-20(27)25-10-8-24(9-11-25)14-16-4-3-7-21-13-16/h2-7,12-13H,8-11,14-15H2,1H3,(H,22,26)(H,23,27). The number of carbonyl (C=O) groups is 2. The highest BCUT2D eigenvalue weighted by molar-refractivity contribution is 5.94. The van der Waals surface area contributed by atoms with Crippen LogP contribution < -0.4 is 10.6 Å². The smallest absolute Gasteiger partial charge is 0.321 e. The molecule has 3 rings (SSSR count). The SMILES string of the molecule is COCC(=O)Nc1cccc(NC(=O)N2CCN(Cc3cccnc3)CC2)c1. The number of amides is 3. The summed E-state index contributed by atoms with van der Waals surface area (Å²) in [6.45, 7) is 3.78. The number of nitrogens with one attached hydrogen (secondary N) is 2. The van der Waals surface area contributed by atoms with Crippen molar-refractivity contribution >= 4 is 23.3 Å². The van der Waals surface area contributed by atoms with E-state index in [0.29, 0.717) is 24.5 Å². The number of nitrogens with zero attached hydrogens (tertiary/aromatic N) is 3.